The minimum absolute atomic E-state index is 0.0141. The molecule has 0 fully saturated rings. The van der Waals surface area contributed by atoms with Gasteiger partial charge in [0.1, 0.15) is 11.6 Å². The number of hydrogen-bond acceptors (Lipinski definition) is 4. The van der Waals surface area contributed by atoms with E-state index in [9.17, 15) is 4.79 Å². The summed E-state index contributed by atoms with van der Waals surface area (Å²) in [4.78, 5) is 15.3. The normalized spacial score (nSPS) is 18.6. The average Bonchev–Trinajstić information content (AvgIpc) is 2.45. The third kappa shape index (κ3) is 4.11. The lowest BCUT2D eigenvalue weighted by atomic mass is 10.1. The second kappa shape index (κ2) is 6.97. The smallest absolute Gasteiger partial charge is 0.216 e. The Kier molecular flexibility index (Phi) is 5.03. The molecule has 1 aliphatic heterocycles. The number of amides is 1. The van der Waals surface area contributed by atoms with E-state index >= 15 is 0 Å². The molecule has 1 heterocycles. The van der Waals surface area contributed by atoms with Crippen molar-refractivity contribution in [3.8, 4) is 5.75 Å². The van der Waals surface area contributed by atoms with Crippen LogP contribution in [0.3, 0.4) is 0 Å². The third-order valence-electron chi connectivity index (χ3n) is 3.20. The number of nitrogens with two attached hydrogens (primary N) is 1. The van der Waals surface area contributed by atoms with Crippen molar-refractivity contribution >= 4 is 23.1 Å². The molecule has 1 aromatic carbocycles. The Hall–Kier alpha value is -2.24. The van der Waals surface area contributed by atoms with Gasteiger partial charge in [-0.1, -0.05) is 6.92 Å². The monoisotopic (exact) mass is 290 g/mol. The van der Waals surface area contributed by atoms with Crippen LogP contribution in [-0.2, 0) is 4.79 Å². The third-order valence-corrected chi connectivity index (χ3v) is 3.20. The molecule has 1 atom stereocenters. The van der Waals surface area contributed by atoms with E-state index < -0.39 is 0 Å². The largest absolute Gasteiger partial charge is 0.480 e. The molecule has 1 amide bonds. The Labute approximate surface area is 124 Å². The summed E-state index contributed by atoms with van der Waals surface area (Å²) in [6, 6.07) is 5.54. The zero-order chi connectivity index (χ0) is 15.2. The number of carbonyl (C=O) groups excluding carboxylic acids is 1. The van der Waals surface area contributed by atoms with Gasteiger partial charge < -0.3 is 21.1 Å². The van der Waals surface area contributed by atoms with Crippen molar-refractivity contribution in [3.05, 3.63) is 18.2 Å². The van der Waals surface area contributed by atoms with Gasteiger partial charge in [0.15, 0.2) is 6.10 Å². The summed E-state index contributed by atoms with van der Waals surface area (Å²) in [5.74, 6) is 1.58. The fourth-order valence-corrected chi connectivity index (χ4v) is 2.13. The molecule has 21 heavy (non-hydrogen) atoms. The van der Waals surface area contributed by atoms with Crippen molar-refractivity contribution < 1.29 is 9.53 Å². The summed E-state index contributed by atoms with van der Waals surface area (Å²) in [6.07, 6.45) is 1.54. The van der Waals surface area contributed by atoms with E-state index in [-0.39, 0.29) is 12.0 Å². The van der Waals surface area contributed by atoms with Crippen LogP contribution >= 0.6 is 0 Å². The van der Waals surface area contributed by atoms with Crippen LogP contribution in [0.15, 0.2) is 23.2 Å². The van der Waals surface area contributed by atoms with Crippen LogP contribution in [0, 0.1) is 0 Å². The quantitative estimate of drug-likeness (QED) is 0.569. The number of nitrogen functional groups attached to an aromatic ring is 1. The predicted molar refractivity (Wildman–Crippen MR) is 84.8 cm³/mol. The summed E-state index contributed by atoms with van der Waals surface area (Å²) in [6.45, 7) is 4.85. The molecular formula is C15H22N4O2. The van der Waals surface area contributed by atoms with E-state index in [4.69, 9.17) is 10.5 Å². The van der Waals surface area contributed by atoms with Crippen molar-refractivity contribution in [3.63, 3.8) is 0 Å². The first kappa shape index (κ1) is 15.2. The van der Waals surface area contributed by atoms with Crippen LogP contribution in [0.25, 0.3) is 0 Å². The first-order valence-electron chi connectivity index (χ1n) is 7.22. The van der Waals surface area contributed by atoms with Crippen molar-refractivity contribution in [1.29, 1.82) is 0 Å². The molecule has 0 aliphatic carbocycles. The molecule has 6 heteroatoms. The Morgan fingerprint density at radius 3 is 3.05 bits per heavy atom. The van der Waals surface area contributed by atoms with Crippen LogP contribution in [0.1, 0.15) is 26.7 Å². The van der Waals surface area contributed by atoms with E-state index in [1.807, 2.05) is 18.2 Å². The predicted octanol–water partition coefficient (Wildman–Crippen LogP) is 1.78. The van der Waals surface area contributed by atoms with E-state index in [1.54, 1.807) is 0 Å². The highest BCUT2D eigenvalue weighted by atomic mass is 16.5. The molecule has 0 bridgehead atoms. The van der Waals surface area contributed by atoms with Crippen LogP contribution in [0.4, 0.5) is 11.4 Å². The van der Waals surface area contributed by atoms with Gasteiger partial charge in [-0.2, -0.15) is 0 Å². The van der Waals surface area contributed by atoms with E-state index in [0.717, 1.165) is 30.1 Å². The maximum Gasteiger partial charge on any atom is 0.216 e. The minimum atomic E-state index is -0.0833. The lowest BCUT2D eigenvalue weighted by Crippen LogP contribution is -2.37. The average molecular weight is 290 g/mol. The summed E-state index contributed by atoms with van der Waals surface area (Å²) in [7, 11) is 0. The number of fused-ring (bicyclic) bond motifs is 1. The lowest BCUT2D eigenvalue weighted by Gasteiger charge is -2.28. The van der Waals surface area contributed by atoms with Crippen molar-refractivity contribution in [1.82, 2.24) is 5.32 Å². The summed E-state index contributed by atoms with van der Waals surface area (Å²) in [5.41, 5.74) is 7.33. The first-order chi connectivity index (χ1) is 10.1. The Morgan fingerprint density at radius 1 is 1.52 bits per heavy atom. The summed E-state index contributed by atoms with van der Waals surface area (Å²) < 4.78 is 5.93. The summed E-state index contributed by atoms with van der Waals surface area (Å²) >= 11 is 0. The Balaban J connectivity index is 1.99. The van der Waals surface area contributed by atoms with Crippen molar-refractivity contribution in [2.24, 2.45) is 4.99 Å². The number of carbonyl (C=O) groups is 1. The van der Waals surface area contributed by atoms with Gasteiger partial charge in [0.2, 0.25) is 5.91 Å². The maximum atomic E-state index is 10.8. The molecule has 1 aliphatic rings. The number of rotatable bonds is 5. The minimum Gasteiger partial charge on any atom is -0.480 e. The topological polar surface area (TPSA) is 88.7 Å². The van der Waals surface area contributed by atoms with Gasteiger partial charge in [0.05, 0.1) is 5.69 Å². The number of benzene rings is 1. The van der Waals surface area contributed by atoms with Gasteiger partial charge in [-0.15, -0.1) is 0 Å². The van der Waals surface area contributed by atoms with Crippen molar-refractivity contribution in [2.45, 2.75) is 32.8 Å². The van der Waals surface area contributed by atoms with E-state index in [0.29, 0.717) is 18.8 Å². The number of ether oxygens (including phenoxy) is 1. The first-order valence-corrected chi connectivity index (χ1v) is 7.22. The fraction of sp³-hybridized carbons (Fsp3) is 0.467. The zero-order valence-corrected chi connectivity index (χ0v) is 12.5. The Bertz CT molecular complexity index is 542. The Morgan fingerprint density at radius 2 is 2.33 bits per heavy atom. The second-order valence-electron chi connectivity index (χ2n) is 5.00. The molecule has 0 spiro atoms. The number of hydrogen-bond donors (Lipinski definition) is 3. The number of aliphatic imine (C=N–C) groups is 1. The zero-order valence-electron chi connectivity index (χ0n) is 12.5. The highest BCUT2D eigenvalue weighted by Crippen LogP contribution is 2.32. The second-order valence-corrected chi connectivity index (χ2v) is 5.00. The number of nitrogens with one attached hydrogen (secondary N) is 2. The standard InChI is InChI=1S/C15H22N4O2/c1-3-13-15(18-8-4-7-17-10(2)20)19-12-6-5-11(16)9-14(12)21-13/h5-6,9,13H,3-4,7-8,16H2,1-2H3,(H,17,20)(H,18,19). The molecule has 6 nitrogen and oxygen atoms in total. The lowest BCUT2D eigenvalue weighted by molar-refractivity contribution is -0.118. The molecule has 2 rings (SSSR count). The number of anilines is 2. The molecule has 1 unspecified atom stereocenters. The van der Waals surface area contributed by atoms with Gasteiger partial charge in [-0.25, -0.2) is 0 Å². The molecule has 114 valence electrons. The highest BCUT2D eigenvalue weighted by molar-refractivity contribution is 6.02. The molecule has 0 saturated carbocycles. The summed E-state index contributed by atoms with van der Waals surface area (Å²) in [5, 5.41) is 6.06. The molecule has 1 aromatic rings. The molecular weight excluding hydrogens is 268 g/mol. The number of nitrogens with zero attached hydrogens (tertiary/aromatic N) is 1. The van der Waals surface area contributed by atoms with Gasteiger partial charge in [-0.3, -0.25) is 9.79 Å². The highest BCUT2D eigenvalue weighted by Gasteiger charge is 2.24. The molecule has 0 radical (unpaired) electrons. The van der Waals surface area contributed by atoms with Gasteiger partial charge in [0.25, 0.3) is 0 Å². The van der Waals surface area contributed by atoms with Crippen LogP contribution in [-0.4, -0.2) is 30.9 Å². The van der Waals surface area contributed by atoms with Gasteiger partial charge >= 0.3 is 0 Å². The molecule has 0 saturated heterocycles. The number of amidine groups is 1. The van der Waals surface area contributed by atoms with E-state index in [1.165, 1.54) is 6.92 Å². The van der Waals surface area contributed by atoms with Crippen LogP contribution in [0.2, 0.25) is 0 Å². The van der Waals surface area contributed by atoms with E-state index in [2.05, 4.69) is 22.5 Å². The fourth-order valence-electron chi connectivity index (χ4n) is 2.13. The van der Waals surface area contributed by atoms with Crippen molar-refractivity contribution in [2.75, 3.05) is 24.1 Å². The maximum absolute atomic E-state index is 10.8. The van der Waals surface area contributed by atoms with Crippen LogP contribution in [0.5, 0.6) is 5.75 Å². The molecule has 0 aromatic heterocycles. The van der Waals surface area contributed by atoms with Crippen LogP contribution < -0.4 is 21.1 Å². The SMILES string of the molecule is CCC1Oc2cc(N)ccc2NC1=NCCCNC(C)=O. The van der Waals surface area contributed by atoms with Gasteiger partial charge in [0, 0.05) is 31.8 Å². The van der Waals surface area contributed by atoms with Gasteiger partial charge in [-0.05, 0) is 25.0 Å². The molecule has 4 N–H and O–H groups in total.